The average molecular weight is 320 g/mol. The molecule has 0 spiro atoms. The van der Waals surface area contributed by atoms with E-state index in [0.29, 0.717) is 11.3 Å². The number of alkyl halides is 3. The van der Waals surface area contributed by atoms with Crippen LogP contribution in [0.25, 0.3) is 22.4 Å². The maximum Gasteiger partial charge on any atom is 0.416 e. The summed E-state index contributed by atoms with van der Waals surface area (Å²) in [5, 5.41) is 9.29. The predicted molar refractivity (Wildman–Crippen MR) is 82.0 cm³/mol. The first-order valence-corrected chi connectivity index (χ1v) is 7.16. The van der Waals surface area contributed by atoms with Gasteiger partial charge in [0.2, 0.25) is 0 Å². The molecule has 3 nitrogen and oxygen atoms in total. The monoisotopic (exact) mass is 320 g/mol. The van der Waals surface area contributed by atoms with Gasteiger partial charge in [0.05, 0.1) is 23.2 Å². The third-order valence-electron chi connectivity index (χ3n) is 3.79. The first-order valence-electron chi connectivity index (χ1n) is 7.16. The number of hydrogen-bond donors (Lipinski definition) is 1. The van der Waals surface area contributed by atoms with Crippen molar-refractivity contribution in [2.75, 3.05) is 6.61 Å². The van der Waals surface area contributed by atoms with Crippen molar-refractivity contribution in [1.82, 2.24) is 9.55 Å². The number of nitrogens with zero attached hydrogens (tertiary/aromatic N) is 2. The summed E-state index contributed by atoms with van der Waals surface area (Å²) in [6.07, 6.45) is -4.40. The van der Waals surface area contributed by atoms with E-state index in [1.165, 1.54) is 6.07 Å². The minimum atomic E-state index is -4.40. The second-order valence-corrected chi connectivity index (χ2v) is 5.33. The van der Waals surface area contributed by atoms with Gasteiger partial charge in [0.1, 0.15) is 5.82 Å². The quantitative estimate of drug-likeness (QED) is 0.791. The van der Waals surface area contributed by atoms with E-state index >= 15 is 0 Å². The Kier molecular flexibility index (Phi) is 3.85. The van der Waals surface area contributed by atoms with Crippen LogP contribution < -0.4 is 0 Å². The van der Waals surface area contributed by atoms with Crippen molar-refractivity contribution in [2.45, 2.75) is 19.6 Å². The zero-order chi connectivity index (χ0) is 16.6. The maximum absolute atomic E-state index is 12.9. The highest BCUT2D eigenvalue weighted by atomic mass is 19.4. The van der Waals surface area contributed by atoms with E-state index in [2.05, 4.69) is 4.98 Å². The lowest BCUT2D eigenvalue weighted by Gasteiger charge is -2.10. The first-order chi connectivity index (χ1) is 10.9. The van der Waals surface area contributed by atoms with Gasteiger partial charge in [-0.15, -0.1) is 0 Å². The van der Waals surface area contributed by atoms with Crippen LogP contribution in [0.4, 0.5) is 13.2 Å². The van der Waals surface area contributed by atoms with Gasteiger partial charge in [-0.05, 0) is 30.7 Å². The van der Waals surface area contributed by atoms with Gasteiger partial charge in [-0.3, -0.25) is 0 Å². The summed E-state index contributed by atoms with van der Waals surface area (Å²) < 4.78 is 40.4. The van der Waals surface area contributed by atoms with Crippen LogP contribution in [0.3, 0.4) is 0 Å². The van der Waals surface area contributed by atoms with Gasteiger partial charge >= 0.3 is 6.18 Å². The number of fused-ring (bicyclic) bond motifs is 1. The molecule has 0 amide bonds. The summed E-state index contributed by atoms with van der Waals surface area (Å²) in [6, 6.07) is 11.0. The van der Waals surface area contributed by atoms with Crippen molar-refractivity contribution in [2.24, 2.45) is 0 Å². The Bertz CT molecular complexity index is 853. The molecule has 0 unspecified atom stereocenters. The third kappa shape index (κ3) is 2.82. The molecule has 1 heterocycles. The number of rotatable bonds is 3. The van der Waals surface area contributed by atoms with Crippen molar-refractivity contribution < 1.29 is 18.3 Å². The first kappa shape index (κ1) is 15.6. The fraction of sp³-hybridized carbons (Fsp3) is 0.235. The van der Waals surface area contributed by atoms with Crippen LogP contribution in [0.1, 0.15) is 11.1 Å². The molecule has 1 aromatic heterocycles. The summed E-state index contributed by atoms with van der Waals surface area (Å²) in [4.78, 5) is 4.39. The molecule has 0 radical (unpaired) electrons. The normalized spacial score (nSPS) is 12.0. The molecule has 3 aromatic rings. The highest BCUT2D eigenvalue weighted by molar-refractivity contribution is 5.82. The van der Waals surface area contributed by atoms with Crippen LogP contribution in [0.5, 0.6) is 0 Å². The molecule has 0 saturated carbocycles. The molecular formula is C17H15F3N2O. The van der Waals surface area contributed by atoms with Gasteiger partial charge in [-0.1, -0.05) is 24.3 Å². The van der Waals surface area contributed by atoms with Crippen LogP contribution in [-0.4, -0.2) is 21.3 Å². The zero-order valence-corrected chi connectivity index (χ0v) is 12.4. The fourth-order valence-electron chi connectivity index (χ4n) is 2.66. The minimum absolute atomic E-state index is 0.120. The number of benzene rings is 2. The average Bonchev–Trinajstić information content (AvgIpc) is 2.85. The Balaban J connectivity index is 2.25. The van der Waals surface area contributed by atoms with Crippen molar-refractivity contribution >= 4 is 11.0 Å². The lowest BCUT2D eigenvalue weighted by atomic mass is 10.1. The zero-order valence-electron chi connectivity index (χ0n) is 12.4. The Morgan fingerprint density at radius 1 is 1.13 bits per heavy atom. The van der Waals surface area contributed by atoms with Crippen LogP contribution >= 0.6 is 0 Å². The summed E-state index contributed by atoms with van der Waals surface area (Å²) in [5.74, 6) is 0.562. The predicted octanol–water partition coefficient (Wildman–Crippen LogP) is 4.02. The molecule has 0 aliphatic heterocycles. The van der Waals surface area contributed by atoms with Crippen molar-refractivity contribution in [3.63, 3.8) is 0 Å². The van der Waals surface area contributed by atoms with E-state index in [1.807, 2.05) is 31.2 Å². The van der Waals surface area contributed by atoms with Gasteiger partial charge in [-0.2, -0.15) is 13.2 Å². The smallest absolute Gasteiger partial charge is 0.395 e. The van der Waals surface area contributed by atoms with Gasteiger partial charge in [0.15, 0.2) is 0 Å². The summed E-state index contributed by atoms with van der Waals surface area (Å²) in [7, 11) is 0. The molecule has 0 atom stereocenters. The Morgan fingerprint density at radius 2 is 1.87 bits per heavy atom. The standard InChI is InChI=1S/C17H15F3N2O/c1-11-4-2-3-5-13(11)16-21-14-10-12(17(18,19)20)6-7-15(14)22(16)8-9-23/h2-7,10,23H,8-9H2,1H3. The van der Waals surface area contributed by atoms with Crippen molar-refractivity contribution in [3.8, 4) is 11.4 Å². The molecule has 2 aromatic carbocycles. The van der Waals surface area contributed by atoms with E-state index in [9.17, 15) is 18.3 Å². The SMILES string of the molecule is Cc1ccccc1-c1nc2cc(C(F)(F)F)ccc2n1CCO. The van der Waals surface area contributed by atoms with Crippen LogP contribution in [0, 0.1) is 6.92 Å². The van der Waals surface area contributed by atoms with Crippen LogP contribution in [0.2, 0.25) is 0 Å². The third-order valence-corrected chi connectivity index (χ3v) is 3.79. The number of aryl methyl sites for hydroxylation is 1. The number of imidazole rings is 1. The molecule has 0 aliphatic carbocycles. The molecule has 0 fully saturated rings. The molecule has 120 valence electrons. The Hall–Kier alpha value is -2.34. The number of aliphatic hydroxyl groups is 1. The van der Waals surface area contributed by atoms with Crippen molar-refractivity contribution in [3.05, 3.63) is 53.6 Å². The maximum atomic E-state index is 12.9. The number of aromatic nitrogens is 2. The van der Waals surface area contributed by atoms with E-state index in [4.69, 9.17) is 0 Å². The van der Waals surface area contributed by atoms with Crippen molar-refractivity contribution in [1.29, 1.82) is 0 Å². The number of aliphatic hydroxyl groups excluding tert-OH is 1. The highest BCUT2D eigenvalue weighted by Gasteiger charge is 2.31. The van der Waals surface area contributed by atoms with Gasteiger partial charge < -0.3 is 9.67 Å². The molecule has 0 bridgehead atoms. The van der Waals surface area contributed by atoms with Gasteiger partial charge in [0, 0.05) is 12.1 Å². The molecule has 1 N–H and O–H groups in total. The molecule has 6 heteroatoms. The van der Waals surface area contributed by atoms with Crippen LogP contribution in [0.15, 0.2) is 42.5 Å². The van der Waals surface area contributed by atoms with E-state index in [0.717, 1.165) is 23.3 Å². The largest absolute Gasteiger partial charge is 0.416 e. The number of halogens is 3. The molecule has 0 aliphatic rings. The molecular weight excluding hydrogens is 305 g/mol. The van der Waals surface area contributed by atoms with Gasteiger partial charge in [0.25, 0.3) is 0 Å². The van der Waals surface area contributed by atoms with E-state index < -0.39 is 11.7 Å². The van der Waals surface area contributed by atoms with Crippen LogP contribution in [-0.2, 0) is 12.7 Å². The Morgan fingerprint density at radius 3 is 2.52 bits per heavy atom. The molecule has 0 saturated heterocycles. The lowest BCUT2D eigenvalue weighted by molar-refractivity contribution is -0.137. The highest BCUT2D eigenvalue weighted by Crippen LogP contribution is 2.33. The van der Waals surface area contributed by atoms with Gasteiger partial charge in [-0.25, -0.2) is 4.98 Å². The fourth-order valence-corrected chi connectivity index (χ4v) is 2.66. The minimum Gasteiger partial charge on any atom is -0.395 e. The number of hydrogen-bond acceptors (Lipinski definition) is 2. The molecule has 3 rings (SSSR count). The summed E-state index contributed by atoms with van der Waals surface area (Å²) >= 11 is 0. The summed E-state index contributed by atoms with van der Waals surface area (Å²) in [5.41, 5.74) is 1.93. The second kappa shape index (κ2) is 5.70. The van der Waals surface area contributed by atoms with E-state index in [-0.39, 0.29) is 18.7 Å². The topological polar surface area (TPSA) is 38.0 Å². The molecule has 23 heavy (non-hydrogen) atoms. The second-order valence-electron chi connectivity index (χ2n) is 5.33. The lowest BCUT2D eigenvalue weighted by Crippen LogP contribution is -2.06. The Labute approximate surface area is 131 Å². The van der Waals surface area contributed by atoms with E-state index in [1.54, 1.807) is 4.57 Å². The summed E-state index contributed by atoms with van der Waals surface area (Å²) in [6.45, 7) is 2.07.